The fraction of sp³-hybridized carbons (Fsp3) is 0.333. The first-order valence-electron chi connectivity index (χ1n) is 9.08. The number of aliphatic hydroxyl groups is 1. The second-order valence-electron chi connectivity index (χ2n) is 7.03. The van der Waals surface area contributed by atoms with Crippen LogP contribution in [0.5, 0.6) is 0 Å². The summed E-state index contributed by atoms with van der Waals surface area (Å²) in [7, 11) is 0. The maximum Gasteiger partial charge on any atom is 0.410 e. The molecular weight excluding hydrogens is 346 g/mol. The van der Waals surface area contributed by atoms with Crippen LogP contribution in [0.15, 0.2) is 48.5 Å². The van der Waals surface area contributed by atoms with Gasteiger partial charge in [0.25, 0.3) is 0 Å². The Balaban J connectivity index is 1.52. The number of rotatable bonds is 3. The number of aliphatic carboxylic acids is 1. The first kappa shape index (κ1) is 17.5. The van der Waals surface area contributed by atoms with Gasteiger partial charge in [-0.15, -0.1) is 0 Å². The van der Waals surface area contributed by atoms with Crippen LogP contribution >= 0.6 is 0 Å². The van der Waals surface area contributed by atoms with Crippen molar-refractivity contribution in [2.75, 3.05) is 13.2 Å². The highest BCUT2D eigenvalue weighted by molar-refractivity contribution is 5.81. The van der Waals surface area contributed by atoms with Gasteiger partial charge in [-0.1, -0.05) is 48.5 Å². The number of benzene rings is 2. The van der Waals surface area contributed by atoms with Gasteiger partial charge in [0.1, 0.15) is 12.6 Å². The molecule has 1 aliphatic carbocycles. The van der Waals surface area contributed by atoms with Gasteiger partial charge in [-0.25, -0.2) is 9.59 Å². The molecule has 6 heteroatoms. The molecule has 0 unspecified atom stereocenters. The van der Waals surface area contributed by atoms with Crippen LogP contribution in [0.3, 0.4) is 0 Å². The minimum atomic E-state index is -1.12. The van der Waals surface area contributed by atoms with Crippen LogP contribution < -0.4 is 0 Å². The Labute approximate surface area is 157 Å². The van der Waals surface area contributed by atoms with Crippen molar-refractivity contribution in [2.45, 2.75) is 30.9 Å². The number of carboxylic acid groups (broad SMARTS) is 1. The highest BCUT2D eigenvalue weighted by Gasteiger charge is 2.37. The summed E-state index contributed by atoms with van der Waals surface area (Å²) in [6.07, 6.45) is -0.965. The Hall–Kier alpha value is -2.86. The zero-order valence-electron chi connectivity index (χ0n) is 14.7. The average molecular weight is 367 g/mol. The highest BCUT2D eigenvalue weighted by atomic mass is 16.6. The van der Waals surface area contributed by atoms with Gasteiger partial charge in [-0.05, 0) is 28.7 Å². The number of fused-ring (bicyclic) bond motifs is 3. The molecule has 27 heavy (non-hydrogen) atoms. The summed E-state index contributed by atoms with van der Waals surface area (Å²) in [5.74, 6) is -1.19. The van der Waals surface area contributed by atoms with Crippen molar-refractivity contribution < 1.29 is 24.5 Å². The van der Waals surface area contributed by atoms with Crippen LogP contribution in [0.2, 0.25) is 0 Å². The highest BCUT2D eigenvalue weighted by Crippen LogP contribution is 2.44. The van der Waals surface area contributed by atoms with Crippen LogP contribution in [0.4, 0.5) is 4.79 Å². The van der Waals surface area contributed by atoms with Crippen molar-refractivity contribution in [2.24, 2.45) is 0 Å². The predicted octanol–water partition coefficient (Wildman–Crippen LogP) is 2.85. The number of ether oxygens (including phenoxy) is 1. The molecule has 2 aromatic carbocycles. The van der Waals surface area contributed by atoms with E-state index in [1.54, 1.807) is 0 Å². The van der Waals surface area contributed by atoms with Crippen LogP contribution in [0, 0.1) is 0 Å². The minimum Gasteiger partial charge on any atom is -0.480 e. The molecule has 1 saturated heterocycles. The van der Waals surface area contributed by atoms with Crippen molar-refractivity contribution in [3.05, 3.63) is 59.7 Å². The van der Waals surface area contributed by atoms with E-state index in [0.717, 1.165) is 22.3 Å². The summed E-state index contributed by atoms with van der Waals surface area (Å²) in [5, 5.41) is 19.1. The number of amides is 1. The van der Waals surface area contributed by atoms with Gasteiger partial charge in [0.2, 0.25) is 0 Å². The second kappa shape index (κ2) is 7.04. The van der Waals surface area contributed by atoms with Gasteiger partial charge in [-0.3, -0.25) is 4.90 Å². The number of likely N-dealkylation sites (tertiary alicyclic amines) is 1. The quantitative estimate of drug-likeness (QED) is 0.871. The molecule has 1 amide bonds. The Morgan fingerprint density at radius 3 is 2.22 bits per heavy atom. The van der Waals surface area contributed by atoms with Crippen LogP contribution in [-0.4, -0.2) is 52.5 Å². The van der Waals surface area contributed by atoms with E-state index in [2.05, 4.69) is 12.1 Å². The summed E-state index contributed by atoms with van der Waals surface area (Å²) < 4.78 is 5.54. The number of carboxylic acids is 1. The molecule has 1 fully saturated rings. The predicted molar refractivity (Wildman–Crippen MR) is 98.4 cm³/mol. The van der Waals surface area contributed by atoms with Crippen LogP contribution in [0.25, 0.3) is 11.1 Å². The molecule has 1 aliphatic heterocycles. The summed E-state index contributed by atoms with van der Waals surface area (Å²) in [6.45, 7) is 0.326. The van der Waals surface area contributed by atoms with E-state index in [9.17, 15) is 19.8 Å². The molecule has 140 valence electrons. The Kier molecular flexibility index (Phi) is 4.58. The van der Waals surface area contributed by atoms with E-state index < -0.39 is 24.2 Å². The maximum atomic E-state index is 12.6. The number of hydrogen-bond acceptors (Lipinski definition) is 4. The third kappa shape index (κ3) is 3.17. The molecule has 0 spiro atoms. The number of nitrogens with zero attached hydrogens (tertiary/aromatic N) is 1. The SMILES string of the molecule is O=C(O)[C@@H]1C[C@H](O)CCN1C(=O)OCC1c2ccccc2-c2ccccc21. The number of aliphatic hydroxyl groups excluding tert-OH is 1. The summed E-state index contributed by atoms with van der Waals surface area (Å²) >= 11 is 0. The average Bonchev–Trinajstić information content (AvgIpc) is 3.00. The molecule has 0 saturated carbocycles. The molecule has 2 N–H and O–H groups in total. The van der Waals surface area contributed by atoms with E-state index in [0.29, 0.717) is 6.42 Å². The number of carbonyl (C=O) groups is 2. The number of piperidine rings is 1. The van der Waals surface area contributed by atoms with Gasteiger partial charge < -0.3 is 14.9 Å². The Morgan fingerprint density at radius 1 is 1.04 bits per heavy atom. The number of hydrogen-bond donors (Lipinski definition) is 2. The van der Waals surface area contributed by atoms with Crippen molar-refractivity contribution >= 4 is 12.1 Å². The first-order valence-corrected chi connectivity index (χ1v) is 9.08. The zero-order chi connectivity index (χ0) is 19.0. The Morgan fingerprint density at radius 2 is 1.63 bits per heavy atom. The van der Waals surface area contributed by atoms with Gasteiger partial charge in [0, 0.05) is 18.9 Å². The van der Waals surface area contributed by atoms with Gasteiger partial charge >= 0.3 is 12.1 Å². The lowest BCUT2D eigenvalue weighted by molar-refractivity contribution is -0.145. The minimum absolute atomic E-state index is 0.0273. The molecule has 2 aromatic rings. The lowest BCUT2D eigenvalue weighted by Gasteiger charge is -2.34. The maximum absolute atomic E-state index is 12.6. The third-order valence-corrected chi connectivity index (χ3v) is 5.43. The van der Waals surface area contributed by atoms with Gasteiger partial charge in [0.15, 0.2) is 0 Å². The van der Waals surface area contributed by atoms with Gasteiger partial charge in [-0.2, -0.15) is 0 Å². The molecule has 1 heterocycles. The molecule has 2 aliphatic rings. The fourth-order valence-corrected chi connectivity index (χ4v) is 4.08. The summed E-state index contributed by atoms with van der Waals surface area (Å²) in [6, 6.07) is 15.0. The summed E-state index contributed by atoms with van der Waals surface area (Å²) in [5.41, 5.74) is 4.49. The van der Waals surface area contributed by atoms with E-state index in [1.165, 1.54) is 4.90 Å². The summed E-state index contributed by atoms with van der Waals surface area (Å²) in [4.78, 5) is 25.2. The standard InChI is InChI=1S/C21H21NO5/c23-13-9-10-22(19(11-13)20(24)25)21(26)27-12-18-16-7-3-1-5-14(16)15-6-2-4-8-17(15)18/h1-8,13,18-19,23H,9-12H2,(H,24,25)/t13-,19+/m1/s1. The monoisotopic (exact) mass is 367 g/mol. The molecule has 4 rings (SSSR count). The van der Waals surface area contributed by atoms with E-state index in [-0.39, 0.29) is 25.5 Å². The Bertz CT molecular complexity index is 835. The van der Waals surface area contributed by atoms with Crippen LogP contribution in [0.1, 0.15) is 29.9 Å². The second-order valence-corrected chi connectivity index (χ2v) is 7.03. The molecule has 0 aromatic heterocycles. The van der Waals surface area contributed by atoms with E-state index in [4.69, 9.17) is 4.74 Å². The molecule has 0 radical (unpaired) electrons. The van der Waals surface area contributed by atoms with E-state index >= 15 is 0 Å². The zero-order valence-corrected chi connectivity index (χ0v) is 14.7. The van der Waals surface area contributed by atoms with Crippen LogP contribution in [-0.2, 0) is 9.53 Å². The van der Waals surface area contributed by atoms with Crippen molar-refractivity contribution in [3.8, 4) is 11.1 Å². The molecule has 0 bridgehead atoms. The molecular formula is C21H21NO5. The number of carbonyl (C=O) groups excluding carboxylic acids is 1. The lowest BCUT2D eigenvalue weighted by atomic mass is 9.98. The first-order chi connectivity index (χ1) is 13.1. The third-order valence-electron chi connectivity index (χ3n) is 5.43. The smallest absolute Gasteiger partial charge is 0.410 e. The largest absolute Gasteiger partial charge is 0.480 e. The molecule has 2 atom stereocenters. The normalized spacial score (nSPS) is 21.4. The van der Waals surface area contributed by atoms with E-state index in [1.807, 2.05) is 36.4 Å². The lowest BCUT2D eigenvalue weighted by Crippen LogP contribution is -2.51. The fourth-order valence-electron chi connectivity index (χ4n) is 4.08. The van der Waals surface area contributed by atoms with Crippen molar-refractivity contribution in [1.82, 2.24) is 4.90 Å². The van der Waals surface area contributed by atoms with Crippen molar-refractivity contribution in [3.63, 3.8) is 0 Å². The topological polar surface area (TPSA) is 87.1 Å². The van der Waals surface area contributed by atoms with Gasteiger partial charge in [0.05, 0.1) is 6.10 Å². The molecule has 6 nitrogen and oxygen atoms in total. The van der Waals surface area contributed by atoms with Crippen molar-refractivity contribution in [1.29, 1.82) is 0 Å².